The molecule has 2 rings (SSSR count). The van der Waals surface area contributed by atoms with E-state index in [1.807, 2.05) is 11.3 Å². The van der Waals surface area contributed by atoms with Crippen molar-refractivity contribution in [3.8, 4) is 0 Å². The Morgan fingerprint density at radius 1 is 1.19 bits per heavy atom. The Balaban J connectivity index is 2.15. The molecule has 0 saturated carbocycles. The second kappa shape index (κ2) is 8.52. The van der Waals surface area contributed by atoms with Crippen LogP contribution in [0, 0.1) is 0 Å². The van der Waals surface area contributed by atoms with Crippen LogP contribution < -0.4 is 5.32 Å². The van der Waals surface area contributed by atoms with Crippen LogP contribution in [-0.2, 0) is 17.9 Å². The fourth-order valence-corrected chi connectivity index (χ4v) is 3.72. The molecule has 0 spiro atoms. The topological polar surface area (TPSA) is 21.3 Å². The van der Waals surface area contributed by atoms with E-state index in [9.17, 15) is 0 Å². The Morgan fingerprint density at radius 2 is 2.00 bits per heavy atom. The third-order valence-corrected chi connectivity index (χ3v) is 4.91. The lowest BCUT2D eigenvalue weighted by Crippen LogP contribution is -2.14. The quantitative estimate of drug-likeness (QED) is 0.650. The minimum atomic E-state index is 0.338. The van der Waals surface area contributed by atoms with E-state index in [1.165, 1.54) is 33.4 Å². The van der Waals surface area contributed by atoms with Gasteiger partial charge in [-0.2, -0.15) is 0 Å². The fourth-order valence-electron chi connectivity index (χ4n) is 2.54. The summed E-state index contributed by atoms with van der Waals surface area (Å²) in [5.74, 6) is 0. The molecule has 116 valence electrons. The van der Waals surface area contributed by atoms with Gasteiger partial charge in [-0.3, -0.25) is 0 Å². The van der Waals surface area contributed by atoms with E-state index in [0.29, 0.717) is 6.10 Å². The summed E-state index contributed by atoms with van der Waals surface area (Å²) in [7, 11) is 0. The Bertz CT molecular complexity index is 549. The zero-order valence-electron chi connectivity index (χ0n) is 13.4. The summed E-state index contributed by atoms with van der Waals surface area (Å²) in [6.45, 7) is 9.34. The first kappa shape index (κ1) is 16.5. The molecule has 1 heterocycles. The van der Waals surface area contributed by atoms with Gasteiger partial charge in [0.05, 0.1) is 12.7 Å². The molecule has 1 N–H and O–H groups in total. The molecule has 1 aromatic heterocycles. The molecule has 1 aromatic carbocycles. The third-order valence-electron chi connectivity index (χ3n) is 3.70. The number of rotatable bonds is 9. The minimum absolute atomic E-state index is 0.338. The van der Waals surface area contributed by atoms with Gasteiger partial charge in [0, 0.05) is 21.7 Å². The van der Waals surface area contributed by atoms with Crippen molar-refractivity contribution in [2.75, 3.05) is 6.54 Å². The van der Waals surface area contributed by atoms with Gasteiger partial charge in [-0.1, -0.05) is 38.5 Å². The zero-order valence-corrected chi connectivity index (χ0v) is 14.3. The maximum Gasteiger partial charge on any atom is 0.0737 e. The minimum Gasteiger partial charge on any atom is -0.374 e. The van der Waals surface area contributed by atoms with Crippen LogP contribution in [0.5, 0.6) is 0 Å². The summed E-state index contributed by atoms with van der Waals surface area (Å²) in [5.41, 5.74) is 1.38. The molecule has 0 amide bonds. The number of ether oxygens (including phenoxy) is 1. The first-order chi connectivity index (χ1) is 10.3. The van der Waals surface area contributed by atoms with Gasteiger partial charge in [0.2, 0.25) is 0 Å². The zero-order chi connectivity index (χ0) is 15.1. The molecule has 0 saturated heterocycles. The van der Waals surface area contributed by atoms with Crippen molar-refractivity contribution in [3.63, 3.8) is 0 Å². The van der Waals surface area contributed by atoms with Gasteiger partial charge in [-0.25, -0.2) is 0 Å². The maximum atomic E-state index is 6.06. The summed E-state index contributed by atoms with van der Waals surface area (Å²) in [5, 5.41) is 4.88. The molecule has 21 heavy (non-hydrogen) atoms. The van der Waals surface area contributed by atoms with E-state index in [2.05, 4.69) is 50.4 Å². The third kappa shape index (κ3) is 4.53. The van der Waals surface area contributed by atoms with Gasteiger partial charge in [0.15, 0.2) is 0 Å². The SMILES string of the molecule is CCCNCc1sc2ccccc2c1COC(C)CCC. The van der Waals surface area contributed by atoms with Crippen LogP contribution in [0.4, 0.5) is 0 Å². The Morgan fingerprint density at radius 3 is 2.76 bits per heavy atom. The maximum absolute atomic E-state index is 6.06. The Kier molecular flexibility index (Phi) is 6.68. The summed E-state index contributed by atoms with van der Waals surface area (Å²) < 4.78 is 7.43. The largest absolute Gasteiger partial charge is 0.374 e. The van der Waals surface area contributed by atoms with Crippen molar-refractivity contribution < 1.29 is 4.74 Å². The predicted molar refractivity (Wildman–Crippen MR) is 93.0 cm³/mol. The molecule has 0 aliphatic carbocycles. The van der Waals surface area contributed by atoms with E-state index in [1.54, 1.807) is 0 Å². The Hall–Kier alpha value is -0.900. The van der Waals surface area contributed by atoms with Crippen LogP contribution in [0.1, 0.15) is 50.5 Å². The molecule has 0 aliphatic rings. The summed E-state index contributed by atoms with van der Waals surface area (Å²) in [6, 6.07) is 8.67. The van der Waals surface area contributed by atoms with Crippen LogP contribution in [0.15, 0.2) is 24.3 Å². The first-order valence-electron chi connectivity index (χ1n) is 8.07. The highest BCUT2D eigenvalue weighted by Gasteiger charge is 2.13. The van der Waals surface area contributed by atoms with Gasteiger partial charge >= 0.3 is 0 Å². The first-order valence-corrected chi connectivity index (χ1v) is 8.89. The van der Waals surface area contributed by atoms with Crippen LogP contribution in [0.3, 0.4) is 0 Å². The molecule has 1 unspecified atom stereocenters. The number of fused-ring (bicyclic) bond motifs is 1. The van der Waals surface area contributed by atoms with E-state index in [4.69, 9.17) is 4.74 Å². The van der Waals surface area contributed by atoms with Crippen molar-refractivity contribution >= 4 is 21.4 Å². The van der Waals surface area contributed by atoms with Gasteiger partial charge < -0.3 is 10.1 Å². The lowest BCUT2D eigenvalue weighted by atomic mass is 10.1. The molecule has 0 fully saturated rings. The molecule has 0 aliphatic heterocycles. The lowest BCUT2D eigenvalue weighted by molar-refractivity contribution is 0.0476. The standard InChI is InChI=1S/C18H27NOS/c1-4-8-14(3)20-13-16-15-9-6-7-10-17(15)21-18(16)12-19-11-5-2/h6-7,9-10,14,19H,4-5,8,11-13H2,1-3H3. The van der Waals surface area contributed by atoms with E-state index < -0.39 is 0 Å². The number of benzene rings is 1. The van der Waals surface area contributed by atoms with Crippen molar-refractivity contribution in [1.82, 2.24) is 5.32 Å². The van der Waals surface area contributed by atoms with Gasteiger partial charge in [-0.15, -0.1) is 11.3 Å². The van der Waals surface area contributed by atoms with E-state index in [0.717, 1.165) is 26.1 Å². The van der Waals surface area contributed by atoms with Crippen LogP contribution >= 0.6 is 11.3 Å². The normalized spacial score (nSPS) is 12.9. The predicted octanol–water partition coefficient (Wildman–Crippen LogP) is 5.11. The van der Waals surface area contributed by atoms with Crippen LogP contribution in [-0.4, -0.2) is 12.6 Å². The van der Waals surface area contributed by atoms with Crippen molar-refractivity contribution in [2.45, 2.75) is 59.3 Å². The molecular formula is C18H27NOS. The molecule has 3 heteroatoms. The van der Waals surface area contributed by atoms with Gasteiger partial charge in [0.1, 0.15) is 0 Å². The summed E-state index contributed by atoms with van der Waals surface area (Å²) >= 11 is 1.90. The number of thiophene rings is 1. The van der Waals surface area contributed by atoms with Crippen molar-refractivity contribution in [2.24, 2.45) is 0 Å². The number of nitrogens with one attached hydrogen (secondary N) is 1. The van der Waals surface area contributed by atoms with E-state index >= 15 is 0 Å². The van der Waals surface area contributed by atoms with Crippen molar-refractivity contribution in [1.29, 1.82) is 0 Å². The second-order valence-electron chi connectivity index (χ2n) is 5.59. The van der Waals surface area contributed by atoms with Crippen LogP contribution in [0.25, 0.3) is 10.1 Å². The van der Waals surface area contributed by atoms with Gasteiger partial charge in [0.25, 0.3) is 0 Å². The fraction of sp³-hybridized carbons (Fsp3) is 0.556. The highest BCUT2D eigenvalue weighted by molar-refractivity contribution is 7.19. The average Bonchev–Trinajstić information content (AvgIpc) is 2.83. The van der Waals surface area contributed by atoms with Gasteiger partial charge in [-0.05, 0) is 37.8 Å². The highest BCUT2D eigenvalue weighted by atomic mass is 32.1. The Labute approximate surface area is 132 Å². The summed E-state index contributed by atoms with van der Waals surface area (Å²) in [6.07, 6.45) is 3.82. The lowest BCUT2D eigenvalue weighted by Gasteiger charge is -2.13. The number of hydrogen-bond donors (Lipinski definition) is 1. The summed E-state index contributed by atoms with van der Waals surface area (Å²) in [4.78, 5) is 1.42. The average molecular weight is 305 g/mol. The highest BCUT2D eigenvalue weighted by Crippen LogP contribution is 2.32. The monoisotopic (exact) mass is 305 g/mol. The smallest absolute Gasteiger partial charge is 0.0737 e. The molecule has 1 atom stereocenters. The second-order valence-corrected chi connectivity index (χ2v) is 6.72. The van der Waals surface area contributed by atoms with E-state index in [-0.39, 0.29) is 0 Å². The molecule has 0 radical (unpaired) electrons. The molecule has 2 aromatic rings. The molecule has 0 bridgehead atoms. The number of hydrogen-bond acceptors (Lipinski definition) is 3. The van der Waals surface area contributed by atoms with Crippen LogP contribution in [0.2, 0.25) is 0 Å². The van der Waals surface area contributed by atoms with Crippen molar-refractivity contribution in [3.05, 3.63) is 34.7 Å². The molecular weight excluding hydrogens is 278 g/mol. The molecule has 2 nitrogen and oxygen atoms in total.